The van der Waals surface area contributed by atoms with Crippen molar-refractivity contribution >= 4 is 22.3 Å². The number of hydrogen-bond donors (Lipinski definition) is 0. The molecule has 0 saturated carbocycles. The van der Waals surface area contributed by atoms with Crippen molar-refractivity contribution in [3.05, 3.63) is 76.9 Å². The first kappa shape index (κ1) is 17.9. The maximum absolute atomic E-state index is 12.9. The first-order valence-electron chi connectivity index (χ1n) is 7.77. The molecule has 2 rings (SSSR count). The minimum absolute atomic E-state index is 0.297. The molecule has 124 valence electrons. The summed E-state index contributed by atoms with van der Waals surface area (Å²) in [6.07, 6.45) is 1.40. The van der Waals surface area contributed by atoms with E-state index >= 15 is 0 Å². The number of benzene rings is 2. The van der Waals surface area contributed by atoms with Crippen LogP contribution in [0.1, 0.15) is 25.3 Å². The number of carbonyl (C=O) groups excluding carboxylic acids is 1. The van der Waals surface area contributed by atoms with Crippen molar-refractivity contribution in [3.8, 4) is 0 Å². The van der Waals surface area contributed by atoms with E-state index in [0.29, 0.717) is 27.4 Å². The average molecular weight is 340 g/mol. The van der Waals surface area contributed by atoms with Gasteiger partial charge in [0, 0.05) is 4.90 Å². The molecule has 2 aromatic carbocycles. The molecule has 0 aliphatic rings. The molecule has 0 aromatic heterocycles. The van der Waals surface area contributed by atoms with Gasteiger partial charge in [-0.1, -0.05) is 67.6 Å². The molecule has 2 aromatic rings. The standard InChI is InChI=1S/C20H20O3S/c1-3-10-18(24(22)17-13-8-5-9-14-17)15-19(20(21)23-2)16-11-6-4-7-12-16/h4-9,11-14H,3,10H2,1-2H3. The third kappa shape index (κ3) is 4.54. The Hall–Kier alpha value is -2.42. The number of esters is 1. The van der Waals surface area contributed by atoms with E-state index in [1.165, 1.54) is 7.11 Å². The van der Waals surface area contributed by atoms with Crippen LogP contribution in [0.15, 0.2) is 76.2 Å². The Kier molecular flexibility index (Phi) is 6.74. The Morgan fingerprint density at radius 2 is 1.62 bits per heavy atom. The highest BCUT2D eigenvalue weighted by molar-refractivity contribution is 7.89. The lowest BCUT2D eigenvalue weighted by molar-refractivity contribution is -0.133. The smallest absolute Gasteiger partial charge is 0.346 e. The van der Waals surface area contributed by atoms with Crippen LogP contribution < -0.4 is 0 Å². The number of ether oxygens (including phenoxy) is 1. The van der Waals surface area contributed by atoms with E-state index in [1.807, 2.05) is 67.6 Å². The fourth-order valence-corrected chi connectivity index (χ4v) is 3.48. The van der Waals surface area contributed by atoms with Crippen molar-refractivity contribution in [1.82, 2.24) is 0 Å². The maximum atomic E-state index is 12.9. The van der Waals surface area contributed by atoms with Crippen molar-refractivity contribution in [2.75, 3.05) is 7.11 Å². The lowest BCUT2D eigenvalue weighted by atomic mass is 10.1. The SMILES string of the molecule is CCCC(=C=C(C(=O)OC)c1ccccc1)S(=O)c1ccccc1. The maximum Gasteiger partial charge on any atom is 0.346 e. The van der Waals surface area contributed by atoms with Crippen molar-refractivity contribution in [2.45, 2.75) is 24.7 Å². The zero-order valence-corrected chi connectivity index (χ0v) is 14.6. The number of carbonyl (C=O) groups is 1. The van der Waals surface area contributed by atoms with Gasteiger partial charge in [-0.2, -0.15) is 0 Å². The lowest BCUT2D eigenvalue weighted by Crippen LogP contribution is -2.04. The first-order valence-corrected chi connectivity index (χ1v) is 8.92. The molecule has 1 unspecified atom stereocenters. The van der Waals surface area contributed by atoms with Crippen LogP contribution >= 0.6 is 0 Å². The molecular weight excluding hydrogens is 320 g/mol. The van der Waals surface area contributed by atoms with Gasteiger partial charge in [-0.15, -0.1) is 0 Å². The number of methoxy groups -OCH3 is 1. The van der Waals surface area contributed by atoms with Crippen LogP contribution in [0.4, 0.5) is 0 Å². The largest absolute Gasteiger partial charge is 0.465 e. The molecule has 0 aliphatic carbocycles. The third-order valence-corrected chi connectivity index (χ3v) is 4.83. The Labute approximate surface area is 145 Å². The van der Waals surface area contributed by atoms with Crippen molar-refractivity contribution in [2.24, 2.45) is 0 Å². The summed E-state index contributed by atoms with van der Waals surface area (Å²) in [5.74, 6) is -0.486. The van der Waals surface area contributed by atoms with Gasteiger partial charge in [0.05, 0.1) is 22.8 Å². The average Bonchev–Trinajstić information content (AvgIpc) is 2.65. The molecule has 4 heteroatoms. The summed E-state index contributed by atoms with van der Waals surface area (Å²) in [7, 11) is -0.0231. The Morgan fingerprint density at radius 1 is 1.04 bits per heavy atom. The molecular formula is C20H20O3S. The van der Waals surface area contributed by atoms with E-state index in [0.717, 1.165) is 6.42 Å². The van der Waals surface area contributed by atoms with Gasteiger partial charge >= 0.3 is 5.97 Å². The molecule has 1 atom stereocenters. The summed E-state index contributed by atoms with van der Waals surface area (Å²) in [6, 6.07) is 18.4. The normalized spacial score (nSPS) is 11.2. The van der Waals surface area contributed by atoms with E-state index in [1.54, 1.807) is 0 Å². The minimum atomic E-state index is -1.36. The van der Waals surface area contributed by atoms with Gasteiger partial charge < -0.3 is 4.74 Å². The van der Waals surface area contributed by atoms with Crippen LogP contribution in [0, 0.1) is 0 Å². The van der Waals surface area contributed by atoms with E-state index in [2.05, 4.69) is 5.73 Å². The Bertz CT molecular complexity index is 773. The van der Waals surface area contributed by atoms with E-state index < -0.39 is 16.8 Å². The summed E-state index contributed by atoms with van der Waals surface area (Å²) in [4.78, 5) is 13.5. The second kappa shape index (κ2) is 9.02. The van der Waals surface area contributed by atoms with Crippen molar-refractivity contribution in [3.63, 3.8) is 0 Å². The Morgan fingerprint density at radius 3 is 2.17 bits per heavy atom. The highest BCUT2D eigenvalue weighted by Gasteiger charge is 2.15. The zero-order chi connectivity index (χ0) is 17.4. The molecule has 3 nitrogen and oxygen atoms in total. The molecule has 0 saturated heterocycles. The summed E-state index contributed by atoms with van der Waals surface area (Å²) in [5, 5.41) is 0. The molecule has 0 aliphatic heterocycles. The molecule has 0 N–H and O–H groups in total. The molecule has 0 bridgehead atoms. The predicted octanol–water partition coefficient (Wildman–Crippen LogP) is 4.33. The van der Waals surface area contributed by atoms with Gasteiger partial charge in [-0.3, -0.25) is 0 Å². The fourth-order valence-electron chi connectivity index (χ4n) is 2.20. The first-order chi connectivity index (χ1) is 11.7. The molecule has 0 radical (unpaired) electrons. The molecule has 0 heterocycles. The second-order valence-corrected chi connectivity index (χ2v) is 6.61. The summed E-state index contributed by atoms with van der Waals surface area (Å²) >= 11 is 0. The van der Waals surface area contributed by atoms with Crippen LogP contribution in [0.2, 0.25) is 0 Å². The fraction of sp³-hybridized carbons (Fsp3) is 0.200. The predicted molar refractivity (Wildman–Crippen MR) is 96.6 cm³/mol. The molecule has 24 heavy (non-hydrogen) atoms. The van der Waals surface area contributed by atoms with Crippen LogP contribution in [0.3, 0.4) is 0 Å². The van der Waals surface area contributed by atoms with Crippen molar-refractivity contribution < 1.29 is 13.7 Å². The van der Waals surface area contributed by atoms with Crippen LogP contribution in [-0.2, 0) is 20.3 Å². The summed E-state index contributed by atoms with van der Waals surface area (Å²) in [6.45, 7) is 2.00. The van der Waals surface area contributed by atoms with E-state index in [-0.39, 0.29) is 0 Å². The molecule has 0 amide bonds. The summed E-state index contributed by atoms with van der Waals surface area (Å²) < 4.78 is 17.7. The lowest BCUT2D eigenvalue weighted by Gasteiger charge is -2.07. The number of hydrogen-bond acceptors (Lipinski definition) is 3. The third-order valence-electron chi connectivity index (χ3n) is 3.37. The minimum Gasteiger partial charge on any atom is -0.465 e. The van der Waals surface area contributed by atoms with E-state index in [9.17, 15) is 9.00 Å². The van der Waals surface area contributed by atoms with Gasteiger partial charge in [0.15, 0.2) is 0 Å². The topological polar surface area (TPSA) is 43.4 Å². The summed E-state index contributed by atoms with van der Waals surface area (Å²) in [5.41, 5.74) is 4.07. The van der Waals surface area contributed by atoms with Crippen LogP contribution in [0.5, 0.6) is 0 Å². The van der Waals surface area contributed by atoms with E-state index in [4.69, 9.17) is 4.74 Å². The molecule has 0 fully saturated rings. The van der Waals surface area contributed by atoms with Gasteiger partial charge in [-0.05, 0) is 24.1 Å². The highest BCUT2D eigenvalue weighted by Crippen LogP contribution is 2.21. The van der Waals surface area contributed by atoms with Crippen molar-refractivity contribution in [1.29, 1.82) is 0 Å². The van der Waals surface area contributed by atoms with Crippen LogP contribution in [-0.4, -0.2) is 17.3 Å². The van der Waals surface area contributed by atoms with Gasteiger partial charge in [0.1, 0.15) is 5.57 Å². The zero-order valence-electron chi connectivity index (χ0n) is 13.8. The monoisotopic (exact) mass is 340 g/mol. The van der Waals surface area contributed by atoms with Gasteiger partial charge in [0.25, 0.3) is 0 Å². The second-order valence-electron chi connectivity index (χ2n) is 5.11. The molecule has 0 spiro atoms. The van der Waals surface area contributed by atoms with Crippen LogP contribution in [0.25, 0.3) is 5.57 Å². The highest BCUT2D eigenvalue weighted by atomic mass is 32.2. The number of rotatable bonds is 6. The quantitative estimate of drug-likeness (QED) is 0.446. The Balaban J connectivity index is 2.61. The van der Waals surface area contributed by atoms with Gasteiger partial charge in [0.2, 0.25) is 0 Å². The van der Waals surface area contributed by atoms with Gasteiger partial charge in [-0.25, -0.2) is 9.00 Å².